The first-order chi connectivity index (χ1) is 10.5. The van der Waals surface area contributed by atoms with Gasteiger partial charge in [-0.15, -0.1) is 11.3 Å². The molecular weight excluding hydrogens is 296 g/mol. The van der Waals surface area contributed by atoms with Gasteiger partial charge in [0, 0.05) is 28.7 Å². The second-order valence-corrected chi connectivity index (χ2v) is 6.83. The van der Waals surface area contributed by atoms with Crippen molar-refractivity contribution in [3.63, 3.8) is 0 Å². The first-order valence-electron chi connectivity index (χ1n) is 7.41. The number of nitrogens with one attached hydrogen (secondary N) is 1. The second kappa shape index (κ2) is 7.51. The molecule has 2 rings (SSSR count). The van der Waals surface area contributed by atoms with Crippen LogP contribution in [0.5, 0.6) is 0 Å². The van der Waals surface area contributed by atoms with Crippen LogP contribution in [-0.4, -0.2) is 23.1 Å². The van der Waals surface area contributed by atoms with E-state index in [1.165, 1.54) is 0 Å². The molecule has 1 heterocycles. The van der Waals surface area contributed by atoms with Gasteiger partial charge in [-0.2, -0.15) is 0 Å². The van der Waals surface area contributed by atoms with Crippen molar-refractivity contribution < 1.29 is 9.53 Å². The molecule has 0 amide bonds. The van der Waals surface area contributed by atoms with Gasteiger partial charge in [-0.3, -0.25) is 4.79 Å². The van der Waals surface area contributed by atoms with Crippen molar-refractivity contribution in [3.8, 4) is 10.6 Å². The predicted molar refractivity (Wildman–Crippen MR) is 89.7 cm³/mol. The number of benzene rings is 1. The maximum Gasteiger partial charge on any atom is 0.307 e. The van der Waals surface area contributed by atoms with Gasteiger partial charge < -0.3 is 10.1 Å². The SMILES string of the molecule is CCOC(=O)CC(C)(C)NCc1cnc(-c2ccccc2)s1. The molecule has 5 heteroatoms. The van der Waals surface area contributed by atoms with E-state index in [2.05, 4.69) is 22.4 Å². The Balaban J connectivity index is 1.92. The van der Waals surface area contributed by atoms with E-state index in [0.29, 0.717) is 19.6 Å². The predicted octanol–water partition coefficient (Wildman–Crippen LogP) is 3.63. The maximum absolute atomic E-state index is 11.6. The third-order valence-electron chi connectivity index (χ3n) is 3.21. The van der Waals surface area contributed by atoms with E-state index in [4.69, 9.17) is 4.74 Å². The summed E-state index contributed by atoms with van der Waals surface area (Å²) in [5, 5.41) is 4.41. The topological polar surface area (TPSA) is 51.2 Å². The standard InChI is InChI=1S/C17H22N2O2S/c1-4-21-15(20)10-17(2,3)19-12-14-11-18-16(22-14)13-8-6-5-7-9-13/h5-9,11,19H,4,10,12H2,1-3H3. The molecule has 0 aliphatic carbocycles. The number of rotatable bonds is 7. The van der Waals surface area contributed by atoms with Crippen LogP contribution in [0.25, 0.3) is 10.6 Å². The molecule has 1 aromatic carbocycles. The largest absolute Gasteiger partial charge is 0.466 e. The minimum Gasteiger partial charge on any atom is -0.466 e. The maximum atomic E-state index is 11.6. The van der Waals surface area contributed by atoms with Crippen LogP contribution in [0.1, 0.15) is 32.1 Å². The average Bonchev–Trinajstić information content (AvgIpc) is 2.95. The van der Waals surface area contributed by atoms with Crippen molar-refractivity contribution in [2.24, 2.45) is 0 Å². The first kappa shape index (κ1) is 16.6. The molecule has 0 radical (unpaired) electrons. The van der Waals surface area contributed by atoms with Crippen LogP contribution in [0, 0.1) is 0 Å². The number of carbonyl (C=O) groups excluding carboxylic acids is 1. The molecule has 118 valence electrons. The molecule has 4 nitrogen and oxygen atoms in total. The molecule has 0 aliphatic heterocycles. The molecule has 22 heavy (non-hydrogen) atoms. The number of carbonyl (C=O) groups is 1. The molecule has 0 spiro atoms. The molecular formula is C17H22N2O2S. The Morgan fingerprint density at radius 3 is 2.73 bits per heavy atom. The zero-order chi connectivity index (χ0) is 16.0. The number of aromatic nitrogens is 1. The van der Waals surface area contributed by atoms with Crippen LogP contribution in [-0.2, 0) is 16.1 Å². The van der Waals surface area contributed by atoms with Gasteiger partial charge >= 0.3 is 5.97 Å². The van der Waals surface area contributed by atoms with E-state index < -0.39 is 0 Å². The monoisotopic (exact) mass is 318 g/mol. The minimum absolute atomic E-state index is 0.172. The fourth-order valence-electron chi connectivity index (χ4n) is 2.07. The molecule has 0 fully saturated rings. The molecule has 0 aliphatic rings. The summed E-state index contributed by atoms with van der Waals surface area (Å²) in [5.41, 5.74) is 0.827. The Kier molecular flexibility index (Phi) is 5.69. The van der Waals surface area contributed by atoms with Crippen LogP contribution in [0.15, 0.2) is 36.5 Å². The number of hydrogen-bond acceptors (Lipinski definition) is 5. The van der Waals surface area contributed by atoms with E-state index in [-0.39, 0.29) is 11.5 Å². The summed E-state index contributed by atoms with van der Waals surface area (Å²) in [4.78, 5) is 17.2. The second-order valence-electron chi connectivity index (χ2n) is 5.72. The highest BCUT2D eigenvalue weighted by Crippen LogP contribution is 2.25. The molecule has 0 atom stereocenters. The number of ether oxygens (including phenoxy) is 1. The van der Waals surface area contributed by atoms with Crippen LogP contribution in [0.2, 0.25) is 0 Å². The molecule has 1 N–H and O–H groups in total. The van der Waals surface area contributed by atoms with Gasteiger partial charge in [0.1, 0.15) is 5.01 Å². The normalized spacial score (nSPS) is 11.4. The van der Waals surface area contributed by atoms with Gasteiger partial charge in [-0.1, -0.05) is 30.3 Å². The van der Waals surface area contributed by atoms with Gasteiger partial charge in [0.2, 0.25) is 0 Å². The lowest BCUT2D eigenvalue weighted by Crippen LogP contribution is -2.40. The van der Waals surface area contributed by atoms with E-state index >= 15 is 0 Å². The van der Waals surface area contributed by atoms with E-state index in [9.17, 15) is 4.79 Å². The summed E-state index contributed by atoms with van der Waals surface area (Å²) in [6, 6.07) is 10.1. The van der Waals surface area contributed by atoms with Gasteiger partial charge in [-0.25, -0.2) is 4.98 Å². The van der Waals surface area contributed by atoms with E-state index in [0.717, 1.165) is 15.4 Å². The van der Waals surface area contributed by atoms with Crippen LogP contribution in [0.4, 0.5) is 0 Å². The Bertz CT molecular complexity index is 608. The van der Waals surface area contributed by atoms with E-state index in [1.807, 2.05) is 45.2 Å². The van der Waals surface area contributed by atoms with Crippen LogP contribution in [0.3, 0.4) is 0 Å². The highest BCUT2D eigenvalue weighted by molar-refractivity contribution is 7.15. The van der Waals surface area contributed by atoms with Crippen molar-refractivity contribution in [2.75, 3.05) is 6.61 Å². The average molecular weight is 318 g/mol. The molecule has 0 bridgehead atoms. The molecule has 1 aromatic heterocycles. The quantitative estimate of drug-likeness (QED) is 0.792. The Labute approximate surface area is 135 Å². The van der Waals surface area contributed by atoms with Crippen molar-refractivity contribution in [2.45, 2.75) is 39.3 Å². The highest BCUT2D eigenvalue weighted by atomic mass is 32.1. The van der Waals surface area contributed by atoms with Gasteiger partial charge in [0.15, 0.2) is 0 Å². The van der Waals surface area contributed by atoms with Gasteiger partial charge in [-0.05, 0) is 20.8 Å². The zero-order valence-electron chi connectivity index (χ0n) is 13.3. The lowest BCUT2D eigenvalue weighted by molar-refractivity contribution is -0.144. The summed E-state index contributed by atoms with van der Waals surface area (Å²) in [6.07, 6.45) is 2.24. The number of thiazole rings is 1. The fraction of sp³-hybridized carbons (Fsp3) is 0.412. The third kappa shape index (κ3) is 4.93. The fourth-order valence-corrected chi connectivity index (χ4v) is 2.92. The smallest absolute Gasteiger partial charge is 0.307 e. The highest BCUT2D eigenvalue weighted by Gasteiger charge is 2.22. The van der Waals surface area contributed by atoms with Crippen LogP contribution < -0.4 is 5.32 Å². The van der Waals surface area contributed by atoms with Crippen molar-refractivity contribution in [1.82, 2.24) is 10.3 Å². The summed E-state index contributed by atoms with van der Waals surface area (Å²) in [6.45, 7) is 6.94. The van der Waals surface area contributed by atoms with Crippen LogP contribution >= 0.6 is 11.3 Å². The molecule has 0 saturated carbocycles. The minimum atomic E-state index is -0.302. The van der Waals surface area contributed by atoms with E-state index in [1.54, 1.807) is 11.3 Å². The molecule has 0 saturated heterocycles. The Morgan fingerprint density at radius 1 is 1.32 bits per heavy atom. The summed E-state index contributed by atoms with van der Waals surface area (Å²) < 4.78 is 5.00. The first-order valence-corrected chi connectivity index (χ1v) is 8.22. The molecule has 0 unspecified atom stereocenters. The summed E-state index contributed by atoms with van der Waals surface area (Å²) in [7, 11) is 0. The lowest BCUT2D eigenvalue weighted by atomic mass is 10.0. The molecule has 2 aromatic rings. The Hall–Kier alpha value is -1.72. The summed E-state index contributed by atoms with van der Waals surface area (Å²) in [5.74, 6) is -0.172. The number of nitrogens with zero attached hydrogens (tertiary/aromatic N) is 1. The zero-order valence-corrected chi connectivity index (χ0v) is 14.1. The Morgan fingerprint density at radius 2 is 2.05 bits per heavy atom. The van der Waals surface area contributed by atoms with Crippen molar-refractivity contribution in [3.05, 3.63) is 41.4 Å². The van der Waals surface area contributed by atoms with Crippen molar-refractivity contribution in [1.29, 1.82) is 0 Å². The number of esters is 1. The summed E-state index contributed by atoms with van der Waals surface area (Å²) >= 11 is 1.67. The third-order valence-corrected chi connectivity index (χ3v) is 4.25. The number of hydrogen-bond donors (Lipinski definition) is 1. The van der Waals surface area contributed by atoms with Gasteiger partial charge in [0.05, 0.1) is 13.0 Å². The van der Waals surface area contributed by atoms with Gasteiger partial charge in [0.25, 0.3) is 0 Å². The van der Waals surface area contributed by atoms with Crippen molar-refractivity contribution >= 4 is 17.3 Å². The lowest BCUT2D eigenvalue weighted by Gasteiger charge is -2.24.